The monoisotopic (exact) mass is 750 g/mol. The summed E-state index contributed by atoms with van der Waals surface area (Å²) in [5.74, 6) is -3.82. The molecule has 3 aliphatic heterocycles. The number of nitrogens with zero attached hydrogens (tertiary/aromatic N) is 1. The Morgan fingerprint density at radius 3 is 1.75 bits per heavy atom. The third-order valence-corrected chi connectivity index (χ3v) is 8.55. The van der Waals surface area contributed by atoms with Gasteiger partial charge in [0.1, 0.15) is 42.7 Å². The number of hydrogen-bond acceptors (Lipinski definition) is 17. The van der Waals surface area contributed by atoms with Gasteiger partial charge in [-0.25, -0.2) is 4.79 Å². The van der Waals surface area contributed by atoms with Crippen molar-refractivity contribution in [1.29, 1.82) is 0 Å². The average molecular weight is 751 g/mol. The van der Waals surface area contributed by atoms with Gasteiger partial charge < -0.3 is 70.4 Å². The molecular weight excluding hydrogens is 700 g/mol. The van der Waals surface area contributed by atoms with Crippen molar-refractivity contribution in [3.8, 4) is 0 Å². The lowest BCUT2D eigenvalue weighted by molar-refractivity contribution is -0.292. The molecule has 0 aromatic heterocycles. The second-order valence-electron chi connectivity index (χ2n) is 12.7. The summed E-state index contributed by atoms with van der Waals surface area (Å²) in [6.07, 6.45) is -13.3. The summed E-state index contributed by atoms with van der Waals surface area (Å²) in [5, 5.41) is 67.7. The summed E-state index contributed by atoms with van der Waals surface area (Å²) >= 11 is 0. The highest BCUT2D eigenvalue weighted by Gasteiger charge is 2.43. The Morgan fingerprint density at radius 1 is 0.712 bits per heavy atom. The lowest BCUT2D eigenvalue weighted by Crippen LogP contribution is -2.57. The molecule has 0 aromatic carbocycles. The van der Waals surface area contributed by atoms with Crippen LogP contribution in [0.5, 0.6) is 0 Å². The first-order valence-corrected chi connectivity index (χ1v) is 17.1. The second kappa shape index (κ2) is 20.8. The highest BCUT2D eigenvalue weighted by molar-refractivity contribution is 6.01. The van der Waals surface area contributed by atoms with Gasteiger partial charge in [-0.05, 0) is 33.1 Å². The lowest BCUT2D eigenvalue weighted by atomic mass is 10.0. The second-order valence-corrected chi connectivity index (χ2v) is 12.7. The predicted octanol–water partition coefficient (Wildman–Crippen LogP) is -4.66. The third kappa shape index (κ3) is 12.6. The van der Waals surface area contributed by atoms with Gasteiger partial charge in [0.05, 0.1) is 25.4 Å². The molecule has 52 heavy (non-hydrogen) atoms. The standard InChI is InChI=1S/C31H50N4O17/c1-15-23(41)25(43)27(45)30(50-15)48-13-11-32-18(36)8-7-17(29(47)33-12-14-49-31-28(46)26(44)24(42)16(2)51-31)34-19(37)5-3-4-6-22(40)52-35-20(38)9-10-21(35)39/h15-17,23-28,30-31,41-46H,3-14H2,1-2H3,(H,32,36)(H,33,47)(H,34,37)/t15-,16-,17-,23+,24+,25+,26+,27-,28-,30+,31+/m0/s1. The van der Waals surface area contributed by atoms with Crippen molar-refractivity contribution < 1.29 is 83.2 Å². The molecule has 296 valence electrons. The van der Waals surface area contributed by atoms with Crippen molar-refractivity contribution in [3.63, 3.8) is 0 Å². The zero-order chi connectivity index (χ0) is 38.5. The van der Waals surface area contributed by atoms with Crippen LogP contribution in [0.25, 0.3) is 0 Å². The largest absolute Gasteiger partial charge is 0.388 e. The number of imide groups is 1. The van der Waals surface area contributed by atoms with Crippen molar-refractivity contribution in [2.24, 2.45) is 0 Å². The number of carbonyl (C=O) groups is 6. The molecule has 0 spiro atoms. The Hall–Kier alpha value is -3.38. The maximum Gasteiger partial charge on any atom is 0.333 e. The van der Waals surface area contributed by atoms with Crippen LogP contribution in [0.1, 0.15) is 65.2 Å². The number of unbranched alkanes of at least 4 members (excludes halogenated alkanes) is 1. The number of amides is 5. The zero-order valence-electron chi connectivity index (χ0n) is 29.0. The molecule has 0 unspecified atom stereocenters. The molecule has 5 amide bonds. The molecule has 3 saturated heterocycles. The van der Waals surface area contributed by atoms with Crippen LogP contribution in [-0.2, 0) is 52.6 Å². The number of rotatable bonds is 19. The van der Waals surface area contributed by atoms with Gasteiger partial charge in [-0.15, -0.1) is 5.06 Å². The molecule has 0 aliphatic carbocycles. The fourth-order valence-corrected chi connectivity index (χ4v) is 5.40. The van der Waals surface area contributed by atoms with E-state index in [2.05, 4.69) is 16.0 Å². The molecule has 0 saturated carbocycles. The Morgan fingerprint density at radius 2 is 1.21 bits per heavy atom. The first-order valence-electron chi connectivity index (χ1n) is 17.1. The molecule has 3 heterocycles. The number of aliphatic hydroxyl groups is 6. The van der Waals surface area contributed by atoms with Crippen LogP contribution in [0.4, 0.5) is 0 Å². The smallest absolute Gasteiger partial charge is 0.333 e. The average Bonchev–Trinajstić information content (AvgIpc) is 3.42. The van der Waals surface area contributed by atoms with Crippen LogP contribution in [0.15, 0.2) is 0 Å². The van der Waals surface area contributed by atoms with Gasteiger partial charge in [0, 0.05) is 45.2 Å². The van der Waals surface area contributed by atoms with Crippen molar-refractivity contribution >= 4 is 35.5 Å². The number of hydroxylamine groups is 2. The van der Waals surface area contributed by atoms with E-state index in [9.17, 15) is 59.4 Å². The van der Waals surface area contributed by atoms with E-state index in [0.717, 1.165) is 0 Å². The van der Waals surface area contributed by atoms with E-state index in [1.165, 1.54) is 13.8 Å². The topological polar surface area (TPSA) is 309 Å². The van der Waals surface area contributed by atoms with Gasteiger partial charge >= 0.3 is 5.97 Å². The normalized spacial score (nSPS) is 31.2. The Balaban J connectivity index is 1.44. The van der Waals surface area contributed by atoms with E-state index in [1.807, 2.05) is 0 Å². The minimum absolute atomic E-state index is 0.0407. The van der Waals surface area contributed by atoms with Gasteiger partial charge in [-0.1, -0.05) is 0 Å². The van der Waals surface area contributed by atoms with Crippen LogP contribution in [0.2, 0.25) is 0 Å². The zero-order valence-corrected chi connectivity index (χ0v) is 29.0. The molecule has 3 fully saturated rings. The lowest BCUT2D eigenvalue weighted by Gasteiger charge is -2.38. The van der Waals surface area contributed by atoms with Crippen LogP contribution in [0.3, 0.4) is 0 Å². The summed E-state index contributed by atoms with van der Waals surface area (Å²) in [4.78, 5) is 78.3. The highest BCUT2D eigenvalue weighted by Crippen LogP contribution is 2.22. The number of carbonyl (C=O) groups excluding carboxylic acids is 6. The molecular formula is C31H50N4O17. The van der Waals surface area contributed by atoms with Crippen LogP contribution >= 0.6 is 0 Å². The molecule has 3 rings (SSSR count). The van der Waals surface area contributed by atoms with E-state index in [4.69, 9.17) is 23.8 Å². The number of aliphatic hydroxyl groups excluding tert-OH is 6. The number of nitrogens with one attached hydrogen (secondary N) is 3. The molecule has 11 atom stereocenters. The summed E-state index contributed by atoms with van der Waals surface area (Å²) in [6.45, 7) is 2.48. The van der Waals surface area contributed by atoms with Gasteiger partial charge in [-0.2, -0.15) is 0 Å². The van der Waals surface area contributed by atoms with E-state index >= 15 is 0 Å². The van der Waals surface area contributed by atoms with Crippen molar-refractivity contribution in [2.45, 2.75) is 133 Å². The summed E-state index contributed by atoms with van der Waals surface area (Å²) < 4.78 is 21.4. The molecule has 0 bridgehead atoms. The van der Waals surface area contributed by atoms with Gasteiger partial charge in [0.25, 0.3) is 11.8 Å². The van der Waals surface area contributed by atoms with Gasteiger partial charge in [0.15, 0.2) is 12.6 Å². The van der Waals surface area contributed by atoms with Crippen molar-refractivity contribution in [1.82, 2.24) is 21.0 Å². The van der Waals surface area contributed by atoms with Crippen LogP contribution in [0, 0.1) is 0 Å². The minimum atomic E-state index is -1.55. The van der Waals surface area contributed by atoms with Gasteiger partial charge in [-0.3, -0.25) is 24.0 Å². The maximum absolute atomic E-state index is 13.0. The summed E-state index contributed by atoms with van der Waals surface area (Å²) in [7, 11) is 0. The van der Waals surface area contributed by atoms with Crippen LogP contribution in [-0.4, -0.2) is 165 Å². The van der Waals surface area contributed by atoms with Gasteiger partial charge in [0.2, 0.25) is 17.7 Å². The van der Waals surface area contributed by atoms with E-state index in [-0.39, 0.29) is 77.7 Å². The summed E-state index contributed by atoms with van der Waals surface area (Å²) in [6, 6.07) is -1.19. The minimum Gasteiger partial charge on any atom is -0.388 e. The summed E-state index contributed by atoms with van der Waals surface area (Å²) in [5.41, 5.74) is 0. The number of ether oxygens (including phenoxy) is 4. The van der Waals surface area contributed by atoms with Crippen molar-refractivity contribution in [2.75, 3.05) is 26.3 Å². The van der Waals surface area contributed by atoms with E-state index in [0.29, 0.717) is 5.06 Å². The molecule has 0 aromatic rings. The maximum atomic E-state index is 13.0. The SMILES string of the molecule is C[C@@H]1O[C@@H](OCCNC(=O)CC[C@H](NC(=O)CCCCC(=O)ON2C(=O)CCC2=O)C(=O)NCCO[C@@H]2O[C@@H](C)[C@@H](O)[C@@H](O)[C@@H]2O)[C@@H](O)[C@H](O)[C@@H]1O. The molecule has 9 N–H and O–H groups in total. The Kier molecular flexibility index (Phi) is 17.2. The highest BCUT2D eigenvalue weighted by atomic mass is 16.7. The predicted molar refractivity (Wildman–Crippen MR) is 169 cm³/mol. The third-order valence-electron chi connectivity index (χ3n) is 8.55. The molecule has 21 nitrogen and oxygen atoms in total. The first kappa shape index (κ1) is 43.0. The fourth-order valence-electron chi connectivity index (χ4n) is 5.40. The fraction of sp³-hybridized carbons (Fsp3) is 0.806. The number of hydrogen-bond donors (Lipinski definition) is 9. The van der Waals surface area contributed by atoms with Crippen LogP contribution < -0.4 is 16.0 Å². The Labute approximate surface area is 298 Å². The van der Waals surface area contributed by atoms with Crippen molar-refractivity contribution in [3.05, 3.63) is 0 Å². The first-order chi connectivity index (χ1) is 24.6. The quantitative estimate of drug-likeness (QED) is 0.0443. The van der Waals surface area contributed by atoms with E-state index < -0.39 is 103 Å². The molecule has 3 aliphatic rings. The van der Waals surface area contributed by atoms with E-state index in [1.54, 1.807) is 0 Å². The molecule has 0 radical (unpaired) electrons. The molecule has 21 heteroatoms. The Bertz CT molecular complexity index is 1230.